The highest BCUT2D eigenvalue weighted by atomic mass is 16.5. The van der Waals surface area contributed by atoms with Crippen LogP contribution >= 0.6 is 0 Å². The smallest absolute Gasteiger partial charge is 0.344 e. The molecule has 0 saturated carbocycles. The van der Waals surface area contributed by atoms with Gasteiger partial charge < -0.3 is 24.4 Å². The van der Waals surface area contributed by atoms with Crippen LogP contribution in [0.4, 0.5) is 0 Å². The molecule has 2 N–H and O–H groups in total. The van der Waals surface area contributed by atoms with E-state index in [0.29, 0.717) is 17.2 Å². The van der Waals surface area contributed by atoms with Crippen LogP contribution in [0.2, 0.25) is 0 Å². The van der Waals surface area contributed by atoms with Crippen LogP contribution in [0.25, 0.3) is 0 Å². The number of aliphatic carboxylic acids is 1. The van der Waals surface area contributed by atoms with Gasteiger partial charge in [-0.2, -0.15) is 0 Å². The van der Waals surface area contributed by atoms with E-state index in [4.69, 9.17) is 14.2 Å². The summed E-state index contributed by atoms with van der Waals surface area (Å²) in [6.45, 7) is -0.443. The van der Waals surface area contributed by atoms with Crippen molar-refractivity contribution in [3.05, 3.63) is 54.1 Å². The van der Waals surface area contributed by atoms with Crippen molar-refractivity contribution in [2.45, 2.75) is 5.60 Å². The van der Waals surface area contributed by atoms with Crippen molar-refractivity contribution in [2.24, 2.45) is 0 Å². The quantitative estimate of drug-likeness (QED) is 0.813. The molecule has 0 radical (unpaired) electrons. The van der Waals surface area contributed by atoms with Crippen molar-refractivity contribution < 1.29 is 29.2 Å². The Morgan fingerprint density at radius 3 is 2.26 bits per heavy atom. The molecule has 0 aliphatic carbocycles. The minimum atomic E-state index is -2.21. The number of rotatable bonds is 7. The van der Waals surface area contributed by atoms with Crippen LogP contribution < -0.4 is 14.2 Å². The second-order valence-electron chi connectivity index (χ2n) is 4.84. The second-order valence-corrected chi connectivity index (χ2v) is 4.84. The van der Waals surface area contributed by atoms with Crippen LogP contribution in [0.3, 0.4) is 0 Å². The standard InChI is InChI=1S/C17H18O6/c1-21-14-9-8-12(10-15(14)22-2)17(20,16(18)19)11-23-13-6-4-3-5-7-13/h3-10,20H,11H2,1-2H3,(H,18,19). The number of ether oxygens (including phenoxy) is 3. The lowest BCUT2D eigenvalue weighted by molar-refractivity contribution is -0.163. The monoisotopic (exact) mass is 318 g/mol. The average molecular weight is 318 g/mol. The number of carboxylic acids is 1. The Morgan fingerprint density at radius 2 is 1.70 bits per heavy atom. The lowest BCUT2D eigenvalue weighted by Gasteiger charge is -2.25. The highest BCUT2D eigenvalue weighted by Gasteiger charge is 2.40. The van der Waals surface area contributed by atoms with Crippen LogP contribution in [-0.2, 0) is 10.4 Å². The van der Waals surface area contributed by atoms with E-state index in [1.165, 1.54) is 32.4 Å². The van der Waals surface area contributed by atoms with Crippen LogP contribution in [0.1, 0.15) is 5.56 Å². The Hall–Kier alpha value is -2.73. The van der Waals surface area contributed by atoms with Gasteiger partial charge in [0.05, 0.1) is 14.2 Å². The zero-order chi connectivity index (χ0) is 16.9. The van der Waals surface area contributed by atoms with Crippen molar-refractivity contribution >= 4 is 5.97 Å². The van der Waals surface area contributed by atoms with Gasteiger partial charge in [0.1, 0.15) is 12.4 Å². The van der Waals surface area contributed by atoms with Crippen LogP contribution in [-0.4, -0.2) is 37.0 Å². The summed E-state index contributed by atoms with van der Waals surface area (Å²) in [7, 11) is 2.90. The van der Waals surface area contributed by atoms with Crippen molar-refractivity contribution in [1.82, 2.24) is 0 Å². The lowest BCUT2D eigenvalue weighted by Crippen LogP contribution is -2.41. The van der Waals surface area contributed by atoms with Crippen molar-refractivity contribution in [1.29, 1.82) is 0 Å². The minimum Gasteiger partial charge on any atom is -0.493 e. The van der Waals surface area contributed by atoms with Gasteiger partial charge >= 0.3 is 5.97 Å². The Morgan fingerprint density at radius 1 is 1.04 bits per heavy atom. The highest BCUT2D eigenvalue weighted by Crippen LogP contribution is 2.33. The number of methoxy groups -OCH3 is 2. The van der Waals surface area contributed by atoms with E-state index in [2.05, 4.69) is 0 Å². The van der Waals surface area contributed by atoms with E-state index in [1.807, 2.05) is 6.07 Å². The van der Waals surface area contributed by atoms with Crippen LogP contribution in [0.5, 0.6) is 17.2 Å². The van der Waals surface area contributed by atoms with E-state index in [-0.39, 0.29) is 5.56 Å². The first kappa shape index (κ1) is 16.6. The number of hydrogen-bond acceptors (Lipinski definition) is 5. The maximum Gasteiger partial charge on any atom is 0.344 e. The summed E-state index contributed by atoms with van der Waals surface area (Å²) < 4.78 is 15.7. The maximum absolute atomic E-state index is 11.6. The molecule has 6 nitrogen and oxygen atoms in total. The Kier molecular flexibility index (Phi) is 5.08. The molecular formula is C17H18O6. The van der Waals surface area contributed by atoms with Gasteiger partial charge in [-0.25, -0.2) is 4.79 Å². The average Bonchev–Trinajstić information content (AvgIpc) is 2.59. The fourth-order valence-corrected chi connectivity index (χ4v) is 2.07. The van der Waals surface area contributed by atoms with Gasteiger partial charge in [-0.15, -0.1) is 0 Å². The first-order valence-electron chi connectivity index (χ1n) is 6.87. The van der Waals surface area contributed by atoms with Crippen LogP contribution in [0, 0.1) is 0 Å². The maximum atomic E-state index is 11.6. The second kappa shape index (κ2) is 7.02. The molecule has 2 aromatic rings. The molecule has 0 aliphatic heterocycles. The zero-order valence-corrected chi connectivity index (χ0v) is 12.9. The minimum absolute atomic E-state index is 0.138. The molecule has 0 spiro atoms. The third-order valence-electron chi connectivity index (χ3n) is 3.41. The summed E-state index contributed by atoms with van der Waals surface area (Å²) in [4.78, 5) is 11.6. The summed E-state index contributed by atoms with van der Waals surface area (Å²) in [6, 6.07) is 13.1. The summed E-state index contributed by atoms with van der Waals surface area (Å²) in [5.41, 5.74) is -2.08. The zero-order valence-electron chi connectivity index (χ0n) is 12.9. The van der Waals surface area contributed by atoms with Crippen molar-refractivity contribution in [3.8, 4) is 17.2 Å². The molecule has 0 aromatic heterocycles. The summed E-state index contributed by atoms with van der Waals surface area (Å²) in [5, 5.41) is 20.0. The molecular weight excluding hydrogens is 300 g/mol. The summed E-state index contributed by atoms with van der Waals surface area (Å²) in [6.07, 6.45) is 0. The number of para-hydroxylation sites is 1. The predicted octanol–water partition coefficient (Wildman–Crippen LogP) is 2.05. The highest BCUT2D eigenvalue weighted by molar-refractivity contribution is 5.79. The van der Waals surface area contributed by atoms with Crippen molar-refractivity contribution in [2.75, 3.05) is 20.8 Å². The number of carboxylic acid groups (broad SMARTS) is 1. The first-order valence-corrected chi connectivity index (χ1v) is 6.87. The largest absolute Gasteiger partial charge is 0.493 e. The Labute approximate surface area is 133 Å². The number of carbonyl (C=O) groups is 1. The summed E-state index contributed by atoms with van der Waals surface area (Å²) in [5.74, 6) is -0.189. The van der Waals surface area contributed by atoms with Crippen LogP contribution in [0.15, 0.2) is 48.5 Å². The normalized spacial score (nSPS) is 13.0. The molecule has 0 aliphatic rings. The van der Waals surface area contributed by atoms with E-state index >= 15 is 0 Å². The third-order valence-corrected chi connectivity index (χ3v) is 3.41. The summed E-state index contributed by atoms with van der Waals surface area (Å²) >= 11 is 0. The third kappa shape index (κ3) is 3.54. The number of aliphatic hydroxyl groups is 1. The molecule has 1 unspecified atom stereocenters. The van der Waals surface area contributed by atoms with Gasteiger partial charge in [0.2, 0.25) is 5.60 Å². The molecule has 23 heavy (non-hydrogen) atoms. The number of hydrogen-bond donors (Lipinski definition) is 2. The fraction of sp³-hybridized carbons (Fsp3) is 0.235. The van der Waals surface area contributed by atoms with Gasteiger partial charge in [-0.3, -0.25) is 0 Å². The van der Waals surface area contributed by atoms with Gasteiger partial charge in [0, 0.05) is 5.56 Å². The van der Waals surface area contributed by atoms with E-state index in [1.54, 1.807) is 24.3 Å². The number of benzene rings is 2. The van der Waals surface area contributed by atoms with Gasteiger partial charge in [-0.05, 0) is 24.3 Å². The predicted molar refractivity (Wildman–Crippen MR) is 83.0 cm³/mol. The molecule has 0 fully saturated rings. The van der Waals surface area contributed by atoms with Gasteiger partial charge in [0.25, 0.3) is 0 Å². The van der Waals surface area contributed by atoms with E-state index in [0.717, 1.165) is 0 Å². The fourth-order valence-electron chi connectivity index (χ4n) is 2.07. The molecule has 122 valence electrons. The topological polar surface area (TPSA) is 85.2 Å². The van der Waals surface area contributed by atoms with E-state index < -0.39 is 18.2 Å². The molecule has 0 heterocycles. The molecule has 0 saturated heterocycles. The first-order chi connectivity index (χ1) is 11.0. The molecule has 1 atom stereocenters. The molecule has 2 rings (SSSR count). The van der Waals surface area contributed by atoms with Gasteiger partial charge in [0.15, 0.2) is 11.5 Å². The Bertz CT molecular complexity index is 670. The van der Waals surface area contributed by atoms with E-state index in [9.17, 15) is 15.0 Å². The van der Waals surface area contributed by atoms with Gasteiger partial charge in [-0.1, -0.05) is 24.3 Å². The molecule has 0 amide bonds. The molecule has 0 bridgehead atoms. The lowest BCUT2D eigenvalue weighted by atomic mass is 9.94. The molecule has 2 aromatic carbocycles. The van der Waals surface area contributed by atoms with Crippen molar-refractivity contribution in [3.63, 3.8) is 0 Å². The SMILES string of the molecule is COc1ccc(C(O)(COc2ccccc2)C(=O)O)cc1OC. The molecule has 6 heteroatoms. The Balaban J connectivity index is 2.31.